The molecule has 7 nitrogen and oxygen atoms in total. The Morgan fingerprint density at radius 2 is 1.83 bits per heavy atom. The van der Waals surface area contributed by atoms with Gasteiger partial charge in [0.2, 0.25) is 0 Å². The van der Waals surface area contributed by atoms with E-state index in [9.17, 15) is 18.7 Å². The highest BCUT2D eigenvalue weighted by atomic mass is 19.1. The molecule has 4 rings (SSSR count). The van der Waals surface area contributed by atoms with Crippen molar-refractivity contribution in [3.63, 3.8) is 0 Å². The second kappa shape index (κ2) is 11.9. The van der Waals surface area contributed by atoms with Crippen molar-refractivity contribution in [2.45, 2.75) is 50.9 Å². The lowest BCUT2D eigenvalue weighted by molar-refractivity contribution is 0.0372. The predicted molar refractivity (Wildman–Crippen MR) is 128 cm³/mol. The van der Waals surface area contributed by atoms with Crippen molar-refractivity contribution in [1.82, 2.24) is 10.2 Å². The summed E-state index contributed by atoms with van der Waals surface area (Å²) in [6, 6.07) is 9.54. The van der Waals surface area contributed by atoms with Gasteiger partial charge in [-0.25, -0.2) is 13.6 Å². The molecule has 2 aromatic carbocycles. The summed E-state index contributed by atoms with van der Waals surface area (Å²) in [5, 5.41) is 25.0. The lowest BCUT2D eigenvalue weighted by Crippen LogP contribution is -2.39. The Hall–Kier alpha value is -2.59. The van der Waals surface area contributed by atoms with Crippen LogP contribution in [-0.4, -0.2) is 53.7 Å². The van der Waals surface area contributed by atoms with Gasteiger partial charge in [0, 0.05) is 30.4 Å². The summed E-state index contributed by atoms with van der Waals surface area (Å²) in [6.07, 6.45) is 3.23. The van der Waals surface area contributed by atoms with Crippen molar-refractivity contribution < 1.29 is 28.5 Å². The first-order chi connectivity index (χ1) is 16.9. The zero-order valence-electron chi connectivity index (χ0n) is 19.7. The van der Waals surface area contributed by atoms with E-state index in [1.807, 2.05) is 24.3 Å². The Labute approximate surface area is 204 Å². The van der Waals surface area contributed by atoms with E-state index >= 15 is 0 Å². The maximum Gasteiger partial charge on any atom is 0.322 e. The normalized spacial score (nSPS) is 20.5. The van der Waals surface area contributed by atoms with Crippen LogP contribution in [0.2, 0.25) is 0 Å². The summed E-state index contributed by atoms with van der Waals surface area (Å²) >= 11 is 0. The van der Waals surface area contributed by atoms with Gasteiger partial charge in [-0.2, -0.15) is 0 Å². The summed E-state index contributed by atoms with van der Waals surface area (Å²) in [5.41, 5.74) is 2.72. The van der Waals surface area contributed by atoms with Crippen LogP contribution in [0.25, 0.3) is 0 Å². The van der Waals surface area contributed by atoms with Crippen LogP contribution in [0.15, 0.2) is 36.4 Å². The Morgan fingerprint density at radius 1 is 1.09 bits per heavy atom. The minimum Gasteiger partial charge on any atom is -0.394 e. The van der Waals surface area contributed by atoms with Gasteiger partial charge in [-0.1, -0.05) is 12.1 Å². The van der Waals surface area contributed by atoms with Gasteiger partial charge in [-0.05, 0) is 66.8 Å². The number of nitrogens with one attached hydrogen (secondary N) is 2. The van der Waals surface area contributed by atoms with Gasteiger partial charge in [0.05, 0.1) is 26.4 Å². The molecule has 0 aromatic heterocycles. The largest absolute Gasteiger partial charge is 0.394 e. The third-order valence-corrected chi connectivity index (χ3v) is 6.94. The van der Waals surface area contributed by atoms with E-state index in [1.165, 1.54) is 16.5 Å². The summed E-state index contributed by atoms with van der Waals surface area (Å²) in [7, 11) is 0. The number of carbonyl (C=O) groups excluding carboxylic acids is 1. The lowest BCUT2D eigenvalue weighted by Gasteiger charge is -2.32. The van der Waals surface area contributed by atoms with E-state index in [1.54, 1.807) is 0 Å². The minimum absolute atomic E-state index is 0.00329. The first-order valence-corrected chi connectivity index (χ1v) is 12.2. The standard InChI is InChI=1S/C26H33F2N3O4/c27-21-13-20-15-31(16-23(20)24(28)14-21)26(34)30-22-7-5-18(6-8-22)17-1-3-19(4-2-17)25(33)29-9-11-35-12-10-32/h5-8,13-14,17,19,25,29,32-33H,1-4,9-12,15-16H2,(H,30,34). The van der Waals surface area contributed by atoms with E-state index in [0.717, 1.165) is 31.7 Å². The molecule has 4 N–H and O–H groups in total. The van der Waals surface area contributed by atoms with E-state index in [4.69, 9.17) is 9.84 Å². The molecule has 9 heteroatoms. The zero-order chi connectivity index (χ0) is 24.8. The third kappa shape index (κ3) is 6.55. The van der Waals surface area contributed by atoms with Crippen molar-refractivity contribution in [2.24, 2.45) is 5.92 Å². The smallest absolute Gasteiger partial charge is 0.322 e. The number of aliphatic hydroxyl groups is 2. The van der Waals surface area contributed by atoms with Crippen LogP contribution in [-0.2, 0) is 17.8 Å². The molecule has 1 aliphatic heterocycles. The number of aliphatic hydroxyl groups excluding tert-OH is 2. The second-order valence-electron chi connectivity index (χ2n) is 9.28. The predicted octanol–water partition coefficient (Wildman–Crippen LogP) is 3.70. The van der Waals surface area contributed by atoms with Crippen LogP contribution >= 0.6 is 0 Å². The number of amides is 2. The Bertz CT molecular complexity index is 997. The molecule has 1 fully saturated rings. The molecule has 0 bridgehead atoms. The number of anilines is 1. The number of ether oxygens (including phenoxy) is 1. The average Bonchev–Trinajstić information content (AvgIpc) is 3.29. The number of hydrogen-bond acceptors (Lipinski definition) is 5. The van der Waals surface area contributed by atoms with Gasteiger partial charge in [0.25, 0.3) is 0 Å². The van der Waals surface area contributed by atoms with Crippen LogP contribution in [0.4, 0.5) is 19.3 Å². The monoisotopic (exact) mass is 489 g/mol. The van der Waals surface area contributed by atoms with Gasteiger partial charge in [0.1, 0.15) is 17.9 Å². The van der Waals surface area contributed by atoms with Crippen LogP contribution < -0.4 is 10.6 Å². The van der Waals surface area contributed by atoms with Crippen LogP contribution in [0.5, 0.6) is 0 Å². The highest BCUT2D eigenvalue weighted by molar-refractivity contribution is 5.89. The fraction of sp³-hybridized carbons (Fsp3) is 0.500. The fourth-order valence-electron chi connectivity index (χ4n) is 4.99. The van der Waals surface area contributed by atoms with Crippen LogP contribution in [0.3, 0.4) is 0 Å². The van der Waals surface area contributed by atoms with Gasteiger partial charge >= 0.3 is 6.03 Å². The molecule has 0 spiro atoms. The van der Waals surface area contributed by atoms with Crippen molar-refractivity contribution in [3.05, 3.63) is 64.7 Å². The molecule has 2 amide bonds. The second-order valence-corrected chi connectivity index (χ2v) is 9.28. The molecule has 2 aliphatic rings. The van der Waals surface area contributed by atoms with Gasteiger partial charge < -0.3 is 25.2 Å². The fourth-order valence-corrected chi connectivity index (χ4v) is 4.99. The SMILES string of the molecule is O=C(Nc1ccc(C2CCC(C(O)NCCOCCO)CC2)cc1)N1Cc2cc(F)cc(F)c2C1. The number of halogens is 2. The maximum absolute atomic E-state index is 14.0. The molecule has 1 unspecified atom stereocenters. The molecule has 2 aromatic rings. The van der Waals surface area contributed by atoms with Crippen molar-refractivity contribution in [2.75, 3.05) is 31.7 Å². The van der Waals surface area contributed by atoms with E-state index in [0.29, 0.717) is 42.5 Å². The van der Waals surface area contributed by atoms with Crippen LogP contribution in [0.1, 0.15) is 48.3 Å². The molecule has 0 radical (unpaired) electrons. The number of nitrogens with zero attached hydrogens (tertiary/aromatic N) is 1. The summed E-state index contributed by atoms with van der Waals surface area (Å²) in [5.74, 6) is -0.653. The summed E-state index contributed by atoms with van der Waals surface area (Å²) in [6.45, 7) is 1.59. The molecule has 190 valence electrons. The average molecular weight is 490 g/mol. The quantitative estimate of drug-likeness (QED) is 0.318. The molecular weight excluding hydrogens is 456 g/mol. The number of carbonyl (C=O) groups is 1. The zero-order valence-corrected chi connectivity index (χ0v) is 19.7. The number of benzene rings is 2. The minimum atomic E-state index is -0.636. The van der Waals surface area contributed by atoms with Crippen LogP contribution in [0, 0.1) is 17.6 Å². The highest BCUT2D eigenvalue weighted by Gasteiger charge is 2.28. The Kier molecular flexibility index (Phi) is 8.67. The molecule has 1 aliphatic carbocycles. The maximum atomic E-state index is 14.0. The molecule has 1 heterocycles. The topological polar surface area (TPSA) is 94.1 Å². The Balaban J connectivity index is 1.22. The van der Waals surface area contributed by atoms with E-state index in [-0.39, 0.29) is 31.6 Å². The summed E-state index contributed by atoms with van der Waals surface area (Å²) in [4.78, 5) is 14.1. The molecule has 0 saturated heterocycles. The van der Waals surface area contributed by atoms with Gasteiger partial charge in [-0.3, -0.25) is 5.32 Å². The summed E-state index contributed by atoms with van der Waals surface area (Å²) < 4.78 is 32.6. The first-order valence-electron chi connectivity index (χ1n) is 12.2. The Morgan fingerprint density at radius 3 is 2.54 bits per heavy atom. The number of fused-ring (bicyclic) bond motifs is 1. The highest BCUT2D eigenvalue weighted by Crippen LogP contribution is 2.37. The van der Waals surface area contributed by atoms with Crippen molar-refractivity contribution in [1.29, 1.82) is 0 Å². The third-order valence-electron chi connectivity index (χ3n) is 6.94. The van der Waals surface area contributed by atoms with E-state index in [2.05, 4.69) is 10.6 Å². The van der Waals surface area contributed by atoms with E-state index < -0.39 is 17.9 Å². The molecule has 1 atom stereocenters. The molecule has 35 heavy (non-hydrogen) atoms. The first kappa shape index (κ1) is 25.5. The van der Waals surface area contributed by atoms with Crippen molar-refractivity contribution >= 4 is 11.7 Å². The number of hydrogen-bond donors (Lipinski definition) is 4. The lowest BCUT2D eigenvalue weighted by atomic mass is 9.78. The number of rotatable bonds is 9. The van der Waals surface area contributed by atoms with Crippen molar-refractivity contribution in [3.8, 4) is 0 Å². The molecule has 1 saturated carbocycles. The molecular formula is C26H33F2N3O4. The van der Waals surface area contributed by atoms with Gasteiger partial charge in [0.15, 0.2) is 0 Å². The number of urea groups is 1. The van der Waals surface area contributed by atoms with Gasteiger partial charge in [-0.15, -0.1) is 0 Å².